The molecule has 1 rings (SSSR count). The van der Waals surface area contributed by atoms with Crippen molar-refractivity contribution in [3.8, 4) is 0 Å². The number of aliphatic carboxylic acids is 1. The van der Waals surface area contributed by atoms with E-state index in [0.717, 1.165) is 12.7 Å². The summed E-state index contributed by atoms with van der Waals surface area (Å²) in [4.78, 5) is 22.4. The van der Waals surface area contributed by atoms with Crippen LogP contribution in [0.4, 0.5) is 0 Å². The monoisotopic (exact) mass is 196 g/mol. The van der Waals surface area contributed by atoms with Gasteiger partial charge in [-0.2, -0.15) is 0 Å². The molecule has 0 bridgehead atoms. The molecule has 14 heavy (non-hydrogen) atoms. The maximum atomic E-state index is 11.4. The molecule has 0 heterocycles. The second-order valence-corrected chi connectivity index (χ2v) is 3.14. The number of ether oxygens (including phenoxy) is 1. The molecule has 1 aliphatic carbocycles. The van der Waals surface area contributed by atoms with Crippen LogP contribution in [-0.4, -0.2) is 17.0 Å². The molecular weight excluding hydrogens is 184 g/mol. The highest BCUT2D eigenvalue weighted by atomic mass is 16.5. The standard InChI is InChI=1S/C10H12O4/c1-2-14-9(13)10(8(11)12)6-4-3-5-7-10/h2,4,6H,1,3,5,7H2,(H,11,12). The van der Waals surface area contributed by atoms with E-state index in [0.29, 0.717) is 6.42 Å². The van der Waals surface area contributed by atoms with Crippen molar-refractivity contribution in [2.75, 3.05) is 0 Å². The van der Waals surface area contributed by atoms with E-state index in [9.17, 15) is 9.59 Å². The van der Waals surface area contributed by atoms with Crippen LogP contribution in [0.15, 0.2) is 25.0 Å². The summed E-state index contributed by atoms with van der Waals surface area (Å²) < 4.78 is 4.54. The maximum Gasteiger partial charge on any atom is 0.332 e. The van der Waals surface area contributed by atoms with Gasteiger partial charge in [-0.05, 0) is 19.3 Å². The van der Waals surface area contributed by atoms with Crippen molar-refractivity contribution in [2.45, 2.75) is 19.3 Å². The van der Waals surface area contributed by atoms with Gasteiger partial charge in [0.1, 0.15) is 0 Å². The van der Waals surface area contributed by atoms with Crippen LogP contribution in [0.3, 0.4) is 0 Å². The molecule has 1 N–H and O–H groups in total. The molecule has 0 saturated heterocycles. The first kappa shape index (κ1) is 10.5. The average Bonchev–Trinajstić information content (AvgIpc) is 2.19. The van der Waals surface area contributed by atoms with Crippen LogP contribution in [0.1, 0.15) is 19.3 Å². The number of esters is 1. The largest absolute Gasteiger partial charge is 0.480 e. The zero-order valence-corrected chi connectivity index (χ0v) is 7.73. The molecule has 0 spiro atoms. The number of carbonyl (C=O) groups excluding carboxylic acids is 1. The molecule has 1 unspecified atom stereocenters. The minimum Gasteiger partial charge on any atom is -0.480 e. The van der Waals surface area contributed by atoms with Gasteiger partial charge < -0.3 is 9.84 Å². The van der Waals surface area contributed by atoms with Crippen LogP contribution in [-0.2, 0) is 14.3 Å². The molecule has 0 amide bonds. The van der Waals surface area contributed by atoms with Gasteiger partial charge in [-0.3, -0.25) is 9.59 Å². The van der Waals surface area contributed by atoms with Crippen molar-refractivity contribution in [1.82, 2.24) is 0 Å². The van der Waals surface area contributed by atoms with E-state index in [-0.39, 0.29) is 6.42 Å². The van der Waals surface area contributed by atoms with Crippen LogP contribution < -0.4 is 0 Å². The molecule has 0 aliphatic heterocycles. The fourth-order valence-electron chi connectivity index (χ4n) is 1.48. The molecule has 1 aliphatic rings. The fraction of sp³-hybridized carbons (Fsp3) is 0.400. The summed E-state index contributed by atoms with van der Waals surface area (Å²) in [7, 11) is 0. The summed E-state index contributed by atoms with van der Waals surface area (Å²) in [6.45, 7) is 3.23. The average molecular weight is 196 g/mol. The van der Waals surface area contributed by atoms with Crippen LogP contribution in [0.25, 0.3) is 0 Å². The van der Waals surface area contributed by atoms with Crippen molar-refractivity contribution >= 4 is 11.9 Å². The normalized spacial score (nSPS) is 25.4. The maximum absolute atomic E-state index is 11.4. The SMILES string of the molecule is C=COC(=O)C1(C(=O)O)C=CCCC1. The summed E-state index contributed by atoms with van der Waals surface area (Å²) >= 11 is 0. The highest BCUT2D eigenvalue weighted by Crippen LogP contribution is 2.32. The first-order valence-electron chi connectivity index (χ1n) is 4.36. The van der Waals surface area contributed by atoms with Crippen molar-refractivity contribution in [2.24, 2.45) is 5.41 Å². The third-order valence-corrected chi connectivity index (χ3v) is 2.28. The minimum atomic E-state index is -1.51. The van der Waals surface area contributed by atoms with E-state index in [1.165, 1.54) is 6.08 Å². The smallest absolute Gasteiger partial charge is 0.332 e. The lowest BCUT2D eigenvalue weighted by molar-refractivity contribution is -0.162. The number of hydrogen-bond donors (Lipinski definition) is 1. The van der Waals surface area contributed by atoms with E-state index in [2.05, 4.69) is 11.3 Å². The number of carboxylic acid groups (broad SMARTS) is 1. The second kappa shape index (κ2) is 4.09. The van der Waals surface area contributed by atoms with Gasteiger partial charge in [0, 0.05) is 0 Å². The quantitative estimate of drug-likeness (QED) is 0.321. The molecule has 0 radical (unpaired) electrons. The Hall–Kier alpha value is -1.58. The summed E-state index contributed by atoms with van der Waals surface area (Å²) in [5.41, 5.74) is -1.51. The molecule has 0 aromatic heterocycles. The Labute approximate surface area is 81.9 Å². The molecule has 0 saturated carbocycles. The van der Waals surface area contributed by atoms with E-state index >= 15 is 0 Å². The molecule has 0 aromatic rings. The highest BCUT2D eigenvalue weighted by Gasteiger charge is 2.45. The predicted octanol–water partition coefficient (Wildman–Crippen LogP) is 1.48. The van der Waals surface area contributed by atoms with E-state index in [4.69, 9.17) is 5.11 Å². The van der Waals surface area contributed by atoms with Gasteiger partial charge in [0.2, 0.25) is 0 Å². The lowest BCUT2D eigenvalue weighted by Gasteiger charge is -2.25. The number of carbonyl (C=O) groups is 2. The topological polar surface area (TPSA) is 63.6 Å². The first-order chi connectivity index (χ1) is 6.63. The number of carboxylic acids is 1. The van der Waals surface area contributed by atoms with Crippen LogP contribution >= 0.6 is 0 Å². The zero-order valence-electron chi connectivity index (χ0n) is 7.73. The van der Waals surface area contributed by atoms with Gasteiger partial charge in [0.05, 0.1) is 6.26 Å². The van der Waals surface area contributed by atoms with Crippen molar-refractivity contribution in [1.29, 1.82) is 0 Å². The minimum absolute atomic E-state index is 0.283. The molecule has 0 fully saturated rings. The highest BCUT2D eigenvalue weighted by molar-refractivity contribution is 6.01. The van der Waals surface area contributed by atoms with Crippen molar-refractivity contribution in [3.63, 3.8) is 0 Å². The Kier molecular flexibility index (Phi) is 3.06. The van der Waals surface area contributed by atoms with Gasteiger partial charge in [-0.1, -0.05) is 18.7 Å². The molecule has 0 aromatic carbocycles. The second-order valence-electron chi connectivity index (χ2n) is 3.14. The molecule has 4 nitrogen and oxygen atoms in total. The lowest BCUT2D eigenvalue weighted by Crippen LogP contribution is -2.39. The Bertz CT molecular complexity index is 292. The van der Waals surface area contributed by atoms with Gasteiger partial charge in [-0.15, -0.1) is 0 Å². The van der Waals surface area contributed by atoms with E-state index in [1.54, 1.807) is 6.08 Å². The molecule has 1 atom stereocenters. The van der Waals surface area contributed by atoms with E-state index < -0.39 is 17.4 Å². The molecule has 4 heteroatoms. The first-order valence-corrected chi connectivity index (χ1v) is 4.36. The lowest BCUT2D eigenvalue weighted by atomic mass is 9.79. The van der Waals surface area contributed by atoms with Gasteiger partial charge in [-0.25, -0.2) is 0 Å². The van der Waals surface area contributed by atoms with Crippen LogP contribution in [0, 0.1) is 5.41 Å². The Morgan fingerprint density at radius 3 is 2.71 bits per heavy atom. The van der Waals surface area contributed by atoms with E-state index in [1.807, 2.05) is 0 Å². The van der Waals surface area contributed by atoms with Gasteiger partial charge >= 0.3 is 11.9 Å². The number of hydrogen-bond acceptors (Lipinski definition) is 3. The fourth-order valence-corrected chi connectivity index (χ4v) is 1.48. The van der Waals surface area contributed by atoms with Gasteiger partial charge in [0.15, 0.2) is 5.41 Å². The third-order valence-electron chi connectivity index (χ3n) is 2.28. The number of rotatable bonds is 3. The summed E-state index contributed by atoms with van der Waals surface area (Å²) in [6, 6.07) is 0. The van der Waals surface area contributed by atoms with Crippen LogP contribution in [0.2, 0.25) is 0 Å². The van der Waals surface area contributed by atoms with Gasteiger partial charge in [0.25, 0.3) is 0 Å². The summed E-state index contributed by atoms with van der Waals surface area (Å²) in [5, 5.41) is 9.00. The summed E-state index contributed by atoms with van der Waals surface area (Å²) in [6.07, 6.45) is 5.82. The predicted molar refractivity (Wildman–Crippen MR) is 49.3 cm³/mol. The number of allylic oxidation sites excluding steroid dienone is 1. The summed E-state index contributed by atoms with van der Waals surface area (Å²) in [5.74, 6) is -1.93. The van der Waals surface area contributed by atoms with Crippen LogP contribution in [0.5, 0.6) is 0 Å². The Balaban J connectivity index is 2.97. The Morgan fingerprint density at radius 1 is 1.57 bits per heavy atom. The third kappa shape index (κ3) is 1.69. The molecule has 76 valence electrons. The van der Waals surface area contributed by atoms with Crippen molar-refractivity contribution < 1.29 is 19.4 Å². The van der Waals surface area contributed by atoms with Crippen molar-refractivity contribution in [3.05, 3.63) is 25.0 Å². The zero-order chi connectivity index (χ0) is 10.6. The molecular formula is C10H12O4. The Morgan fingerprint density at radius 2 is 2.29 bits per heavy atom.